The summed E-state index contributed by atoms with van der Waals surface area (Å²) in [5, 5.41) is 11.1. The number of benzene rings is 1. The maximum atomic E-state index is 13.8. The highest BCUT2D eigenvalue weighted by molar-refractivity contribution is 6.30. The van der Waals surface area contributed by atoms with Gasteiger partial charge in [0, 0.05) is 44.4 Å². The van der Waals surface area contributed by atoms with Gasteiger partial charge in [0.2, 0.25) is 5.82 Å². The Morgan fingerprint density at radius 1 is 1.22 bits per heavy atom. The van der Waals surface area contributed by atoms with E-state index in [4.69, 9.17) is 11.6 Å². The molecule has 0 atom stereocenters. The van der Waals surface area contributed by atoms with Crippen molar-refractivity contribution in [3.05, 3.63) is 63.0 Å². The molecule has 1 aliphatic heterocycles. The smallest absolute Gasteiger partial charge is 0.311 e. The Hall–Kier alpha value is -3.18. The van der Waals surface area contributed by atoms with Crippen LogP contribution in [0.5, 0.6) is 0 Å². The lowest BCUT2D eigenvalue weighted by Gasteiger charge is -2.34. The van der Waals surface area contributed by atoms with Crippen molar-refractivity contribution in [1.29, 1.82) is 0 Å². The number of amides is 1. The molecule has 0 radical (unpaired) electrons. The van der Waals surface area contributed by atoms with Crippen molar-refractivity contribution in [1.82, 2.24) is 9.88 Å². The second kappa shape index (κ2) is 8.01. The van der Waals surface area contributed by atoms with Gasteiger partial charge in [-0.25, -0.2) is 9.37 Å². The third-order valence-electron chi connectivity index (χ3n) is 4.08. The third-order valence-corrected chi connectivity index (χ3v) is 4.38. The maximum Gasteiger partial charge on any atom is 0.311 e. The van der Waals surface area contributed by atoms with Crippen LogP contribution in [0.1, 0.15) is 5.56 Å². The number of halogens is 2. The van der Waals surface area contributed by atoms with Crippen molar-refractivity contribution in [3.63, 3.8) is 0 Å². The van der Waals surface area contributed by atoms with E-state index >= 15 is 0 Å². The van der Waals surface area contributed by atoms with Gasteiger partial charge in [-0.05, 0) is 18.2 Å². The van der Waals surface area contributed by atoms with Crippen LogP contribution in [0.15, 0.2) is 36.5 Å². The van der Waals surface area contributed by atoms with Crippen LogP contribution < -0.4 is 4.90 Å². The van der Waals surface area contributed by atoms with Gasteiger partial charge in [0.05, 0.1) is 15.5 Å². The zero-order valence-corrected chi connectivity index (χ0v) is 14.8. The molecule has 0 N–H and O–H groups in total. The number of anilines is 1. The van der Waals surface area contributed by atoms with Crippen molar-refractivity contribution in [3.8, 4) is 11.8 Å². The zero-order valence-electron chi connectivity index (χ0n) is 14.1. The molecule has 27 heavy (non-hydrogen) atoms. The minimum atomic E-state index is -0.660. The van der Waals surface area contributed by atoms with Gasteiger partial charge in [-0.3, -0.25) is 14.9 Å². The van der Waals surface area contributed by atoms with E-state index in [1.54, 1.807) is 11.0 Å². The fourth-order valence-electron chi connectivity index (χ4n) is 2.70. The molecule has 0 saturated carbocycles. The van der Waals surface area contributed by atoms with E-state index in [2.05, 4.69) is 16.8 Å². The summed E-state index contributed by atoms with van der Waals surface area (Å²) in [6.45, 7) is 1.44. The fourth-order valence-corrected chi connectivity index (χ4v) is 2.87. The molecule has 2 aromatic rings. The lowest BCUT2D eigenvalue weighted by Crippen LogP contribution is -2.48. The van der Waals surface area contributed by atoms with Gasteiger partial charge in [0.25, 0.3) is 5.91 Å². The number of piperazine rings is 1. The molecule has 9 heteroatoms. The highest BCUT2D eigenvalue weighted by atomic mass is 35.5. The van der Waals surface area contributed by atoms with Crippen LogP contribution in [0.4, 0.5) is 15.9 Å². The first-order chi connectivity index (χ1) is 13.0. The minimum Gasteiger partial charge on any atom is -0.347 e. The van der Waals surface area contributed by atoms with Crippen molar-refractivity contribution in [2.24, 2.45) is 0 Å². The average molecular weight is 389 g/mol. The van der Waals surface area contributed by atoms with E-state index in [-0.39, 0.29) is 22.1 Å². The number of pyridine rings is 1. The van der Waals surface area contributed by atoms with E-state index in [0.717, 1.165) is 0 Å². The second-order valence-corrected chi connectivity index (χ2v) is 6.14. The molecule has 1 aliphatic rings. The monoisotopic (exact) mass is 388 g/mol. The Morgan fingerprint density at radius 2 is 1.96 bits per heavy atom. The van der Waals surface area contributed by atoms with Crippen LogP contribution in [0.25, 0.3) is 0 Å². The predicted molar refractivity (Wildman–Crippen MR) is 98.0 cm³/mol. The summed E-state index contributed by atoms with van der Waals surface area (Å²) in [6, 6.07) is 7.30. The Bertz CT molecular complexity index is 949. The molecule has 0 aliphatic carbocycles. The largest absolute Gasteiger partial charge is 0.347 e. The number of carbonyl (C=O) groups is 1. The number of hydrogen-bond acceptors (Lipinski definition) is 5. The Labute approximate surface area is 159 Å². The van der Waals surface area contributed by atoms with Gasteiger partial charge < -0.3 is 9.80 Å². The van der Waals surface area contributed by atoms with Crippen LogP contribution in [0.2, 0.25) is 5.02 Å². The number of hydrogen-bond donors (Lipinski definition) is 0. The normalized spacial score (nSPS) is 13.7. The van der Waals surface area contributed by atoms with E-state index in [1.165, 1.54) is 35.4 Å². The molecule has 0 bridgehead atoms. The molecular formula is C18H14ClFN4O3. The Balaban J connectivity index is 1.66. The molecule has 0 unspecified atom stereocenters. The maximum absolute atomic E-state index is 13.8. The van der Waals surface area contributed by atoms with Gasteiger partial charge >= 0.3 is 5.69 Å². The summed E-state index contributed by atoms with van der Waals surface area (Å²) in [4.78, 5) is 30.2. The molecule has 1 amide bonds. The van der Waals surface area contributed by atoms with Crippen LogP contribution >= 0.6 is 11.6 Å². The lowest BCUT2D eigenvalue weighted by molar-refractivity contribution is -0.384. The standard InChI is InChI=1S/C18H14ClFN4O3/c19-14-4-1-3-13(17(14)20)6-7-16(25)22-9-11-23(12-10-22)18-15(24(26)27)5-2-8-21-18/h1-5,8H,9-12H2. The van der Waals surface area contributed by atoms with E-state index < -0.39 is 16.6 Å². The van der Waals surface area contributed by atoms with E-state index in [0.29, 0.717) is 26.2 Å². The zero-order chi connectivity index (χ0) is 19.4. The second-order valence-electron chi connectivity index (χ2n) is 5.73. The van der Waals surface area contributed by atoms with Gasteiger partial charge in [-0.2, -0.15) is 0 Å². The molecule has 1 fully saturated rings. The first-order valence-electron chi connectivity index (χ1n) is 8.06. The molecule has 1 aromatic heterocycles. The Morgan fingerprint density at radius 3 is 2.67 bits per heavy atom. The summed E-state index contributed by atoms with van der Waals surface area (Å²) in [6.07, 6.45) is 1.49. The first kappa shape index (κ1) is 18.6. The molecule has 0 spiro atoms. The third kappa shape index (κ3) is 4.15. The van der Waals surface area contributed by atoms with Gasteiger partial charge in [0.15, 0.2) is 5.82 Å². The van der Waals surface area contributed by atoms with Gasteiger partial charge in [-0.1, -0.05) is 23.6 Å². The van der Waals surface area contributed by atoms with Crippen molar-refractivity contribution >= 4 is 29.0 Å². The molecular weight excluding hydrogens is 375 g/mol. The summed E-state index contributed by atoms with van der Waals surface area (Å²) >= 11 is 5.69. The highest BCUT2D eigenvalue weighted by Crippen LogP contribution is 2.25. The molecule has 1 saturated heterocycles. The van der Waals surface area contributed by atoms with Gasteiger partial charge in [-0.15, -0.1) is 0 Å². The molecule has 3 rings (SSSR count). The first-order valence-corrected chi connectivity index (χ1v) is 8.44. The number of aromatic nitrogens is 1. The summed E-state index contributed by atoms with van der Waals surface area (Å²) < 4.78 is 13.8. The molecule has 7 nitrogen and oxygen atoms in total. The van der Waals surface area contributed by atoms with Crippen LogP contribution in [0.3, 0.4) is 0 Å². The van der Waals surface area contributed by atoms with Crippen molar-refractivity contribution < 1.29 is 14.1 Å². The number of nitro groups is 1. The highest BCUT2D eigenvalue weighted by Gasteiger charge is 2.26. The summed E-state index contributed by atoms with van der Waals surface area (Å²) in [5.74, 6) is 4.10. The predicted octanol–water partition coefficient (Wildman–Crippen LogP) is 2.48. The lowest BCUT2D eigenvalue weighted by atomic mass is 10.2. The fraction of sp³-hybridized carbons (Fsp3) is 0.222. The van der Waals surface area contributed by atoms with Crippen LogP contribution in [-0.2, 0) is 4.79 Å². The summed E-state index contributed by atoms with van der Waals surface area (Å²) in [5.41, 5.74) is -0.0212. The molecule has 2 heterocycles. The number of rotatable bonds is 2. The van der Waals surface area contributed by atoms with Crippen LogP contribution in [0, 0.1) is 27.8 Å². The molecule has 1 aromatic carbocycles. The Kier molecular flexibility index (Phi) is 5.52. The average Bonchev–Trinajstić information content (AvgIpc) is 2.69. The number of carbonyl (C=O) groups excluding carboxylic acids is 1. The quantitative estimate of drug-likeness (QED) is 0.448. The van der Waals surface area contributed by atoms with E-state index in [9.17, 15) is 19.3 Å². The van der Waals surface area contributed by atoms with E-state index in [1.807, 2.05) is 0 Å². The molecule has 138 valence electrons. The van der Waals surface area contributed by atoms with Gasteiger partial charge in [0.1, 0.15) is 0 Å². The minimum absolute atomic E-state index is 0.0543. The van der Waals surface area contributed by atoms with Crippen molar-refractivity contribution in [2.45, 2.75) is 0 Å². The van der Waals surface area contributed by atoms with Crippen LogP contribution in [-0.4, -0.2) is 46.9 Å². The van der Waals surface area contributed by atoms with Crippen molar-refractivity contribution in [2.75, 3.05) is 31.1 Å². The summed E-state index contributed by atoms with van der Waals surface area (Å²) in [7, 11) is 0. The number of nitrogens with zero attached hydrogens (tertiary/aromatic N) is 4. The SMILES string of the molecule is O=C(C#Cc1cccc(Cl)c1F)N1CCN(c2ncccc2[N+](=O)[O-])CC1. The topological polar surface area (TPSA) is 79.6 Å².